The molecule has 1 N–H and O–H groups in total. The summed E-state index contributed by atoms with van der Waals surface area (Å²) >= 11 is 3.19. The van der Waals surface area contributed by atoms with Crippen LogP contribution in [0.3, 0.4) is 0 Å². The van der Waals surface area contributed by atoms with E-state index in [-0.39, 0.29) is 5.75 Å². The van der Waals surface area contributed by atoms with E-state index in [1.54, 1.807) is 32.9 Å². The zero-order valence-electron chi connectivity index (χ0n) is 13.5. The van der Waals surface area contributed by atoms with Gasteiger partial charge >= 0.3 is 12.5 Å². The molecular formula is C16H19BrF3NO3. The van der Waals surface area contributed by atoms with E-state index in [9.17, 15) is 18.0 Å². The fraction of sp³-hybridized carbons (Fsp3) is 0.438. The molecule has 0 unspecified atom stereocenters. The topological polar surface area (TPSA) is 47.6 Å². The third-order valence-electron chi connectivity index (χ3n) is 2.48. The fourth-order valence-corrected chi connectivity index (χ4v) is 2.11. The van der Waals surface area contributed by atoms with Crippen molar-refractivity contribution < 1.29 is 27.4 Å². The van der Waals surface area contributed by atoms with Gasteiger partial charge in [-0.15, -0.1) is 13.2 Å². The molecule has 4 nitrogen and oxygen atoms in total. The maximum absolute atomic E-state index is 12.1. The molecule has 0 atom stereocenters. The van der Waals surface area contributed by atoms with Crippen molar-refractivity contribution in [2.24, 2.45) is 0 Å². The van der Waals surface area contributed by atoms with Gasteiger partial charge in [-0.2, -0.15) is 0 Å². The molecule has 24 heavy (non-hydrogen) atoms. The van der Waals surface area contributed by atoms with E-state index < -0.39 is 18.1 Å². The average molecular weight is 410 g/mol. The Balaban J connectivity index is 2.46. The molecule has 0 heterocycles. The van der Waals surface area contributed by atoms with Crippen molar-refractivity contribution in [3.05, 3.63) is 34.3 Å². The Morgan fingerprint density at radius 3 is 2.50 bits per heavy atom. The standard InChI is InChI=1S/C16H19BrF3NO3/c1-15(2,3)24-14(22)21-9-5-4-6-11-7-8-12(10-13(11)17)23-16(18,19)20/h4,6-8,10H,5,9H2,1-3H3,(H,21,22). The van der Waals surface area contributed by atoms with Gasteiger partial charge in [0.2, 0.25) is 0 Å². The van der Waals surface area contributed by atoms with Gasteiger partial charge < -0.3 is 14.8 Å². The molecule has 0 saturated heterocycles. The first-order chi connectivity index (χ1) is 11.0. The number of alkyl halides is 3. The first-order valence-electron chi connectivity index (χ1n) is 7.15. The van der Waals surface area contributed by atoms with Crippen molar-refractivity contribution >= 4 is 28.1 Å². The lowest BCUT2D eigenvalue weighted by atomic mass is 10.2. The minimum Gasteiger partial charge on any atom is -0.444 e. The van der Waals surface area contributed by atoms with Crippen LogP contribution < -0.4 is 10.1 Å². The van der Waals surface area contributed by atoms with Crippen LogP contribution in [0.5, 0.6) is 5.75 Å². The summed E-state index contributed by atoms with van der Waals surface area (Å²) < 4.78 is 45.8. The highest BCUT2D eigenvalue weighted by molar-refractivity contribution is 9.10. The van der Waals surface area contributed by atoms with Crippen LogP contribution in [0.25, 0.3) is 6.08 Å². The van der Waals surface area contributed by atoms with E-state index in [0.29, 0.717) is 23.0 Å². The number of hydrogen-bond acceptors (Lipinski definition) is 3. The molecule has 0 bridgehead atoms. The lowest BCUT2D eigenvalue weighted by molar-refractivity contribution is -0.274. The molecule has 0 aliphatic carbocycles. The van der Waals surface area contributed by atoms with E-state index >= 15 is 0 Å². The fourth-order valence-electron chi connectivity index (χ4n) is 1.62. The number of amides is 1. The molecule has 0 aromatic heterocycles. The smallest absolute Gasteiger partial charge is 0.444 e. The Kier molecular flexibility index (Phi) is 7.13. The summed E-state index contributed by atoms with van der Waals surface area (Å²) in [5.41, 5.74) is 0.146. The van der Waals surface area contributed by atoms with Crippen LogP contribution in [-0.4, -0.2) is 24.6 Å². The van der Waals surface area contributed by atoms with Gasteiger partial charge in [-0.3, -0.25) is 0 Å². The molecule has 1 aromatic carbocycles. The van der Waals surface area contributed by atoms with Gasteiger partial charge in [0.05, 0.1) is 0 Å². The quantitative estimate of drug-likeness (QED) is 0.673. The number of carbonyl (C=O) groups excluding carboxylic acids is 1. The van der Waals surface area contributed by atoms with Crippen molar-refractivity contribution in [1.29, 1.82) is 0 Å². The second-order valence-electron chi connectivity index (χ2n) is 5.85. The number of rotatable bonds is 5. The number of nitrogens with one attached hydrogen (secondary N) is 1. The summed E-state index contributed by atoms with van der Waals surface area (Å²) in [7, 11) is 0. The molecule has 0 radical (unpaired) electrons. The van der Waals surface area contributed by atoms with Gasteiger partial charge in [0.15, 0.2) is 0 Å². The van der Waals surface area contributed by atoms with Crippen LogP contribution in [0, 0.1) is 0 Å². The van der Waals surface area contributed by atoms with Gasteiger partial charge in [-0.1, -0.05) is 34.1 Å². The van der Waals surface area contributed by atoms with E-state index in [0.717, 1.165) is 0 Å². The van der Waals surface area contributed by atoms with Gasteiger partial charge in [-0.25, -0.2) is 4.79 Å². The number of hydrogen-bond donors (Lipinski definition) is 1. The zero-order chi connectivity index (χ0) is 18.4. The molecule has 1 amide bonds. The highest BCUT2D eigenvalue weighted by atomic mass is 79.9. The monoisotopic (exact) mass is 409 g/mol. The molecular weight excluding hydrogens is 391 g/mol. The van der Waals surface area contributed by atoms with E-state index in [4.69, 9.17) is 4.74 Å². The van der Waals surface area contributed by atoms with Crippen molar-refractivity contribution in [3.8, 4) is 5.75 Å². The summed E-state index contributed by atoms with van der Waals surface area (Å²) in [6.07, 6.45) is -1.14. The highest BCUT2D eigenvalue weighted by Gasteiger charge is 2.31. The van der Waals surface area contributed by atoms with Crippen LogP contribution in [0.15, 0.2) is 28.7 Å². The van der Waals surface area contributed by atoms with E-state index in [1.165, 1.54) is 18.2 Å². The number of ether oxygens (including phenoxy) is 2. The predicted octanol–water partition coefficient (Wildman–Crippen LogP) is 5.28. The van der Waals surface area contributed by atoms with Gasteiger partial charge in [0.25, 0.3) is 0 Å². The van der Waals surface area contributed by atoms with Crippen molar-refractivity contribution in [3.63, 3.8) is 0 Å². The second-order valence-corrected chi connectivity index (χ2v) is 6.71. The summed E-state index contributed by atoms with van der Waals surface area (Å²) in [4.78, 5) is 11.4. The maximum Gasteiger partial charge on any atom is 0.573 e. The molecule has 1 aromatic rings. The van der Waals surface area contributed by atoms with Crippen LogP contribution in [0.1, 0.15) is 32.8 Å². The molecule has 0 fully saturated rings. The number of halogens is 4. The van der Waals surface area contributed by atoms with Crippen molar-refractivity contribution in [2.75, 3.05) is 6.54 Å². The predicted molar refractivity (Wildman–Crippen MR) is 88.7 cm³/mol. The Hall–Kier alpha value is -1.70. The largest absolute Gasteiger partial charge is 0.573 e. The highest BCUT2D eigenvalue weighted by Crippen LogP contribution is 2.28. The number of carbonyl (C=O) groups is 1. The SMILES string of the molecule is CC(C)(C)OC(=O)NCCC=Cc1ccc(OC(F)(F)F)cc1Br. The Bertz CT molecular complexity index is 595. The molecule has 0 saturated carbocycles. The Morgan fingerprint density at radius 1 is 1.29 bits per heavy atom. The molecule has 134 valence electrons. The molecule has 0 aliphatic rings. The van der Waals surface area contributed by atoms with Gasteiger partial charge in [0, 0.05) is 11.0 Å². The van der Waals surface area contributed by atoms with Crippen LogP contribution in [0.4, 0.5) is 18.0 Å². The molecule has 1 rings (SSSR count). The third-order valence-corrected chi connectivity index (χ3v) is 3.17. The maximum atomic E-state index is 12.1. The van der Waals surface area contributed by atoms with Gasteiger partial charge in [0.1, 0.15) is 11.4 Å². The van der Waals surface area contributed by atoms with E-state index in [2.05, 4.69) is 26.0 Å². The second kappa shape index (κ2) is 8.41. The average Bonchev–Trinajstić information content (AvgIpc) is 2.36. The minimum atomic E-state index is -4.72. The Morgan fingerprint density at radius 2 is 1.96 bits per heavy atom. The lowest BCUT2D eigenvalue weighted by Crippen LogP contribution is -2.32. The first-order valence-corrected chi connectivity index (χ1v) is 7.94. The summed E-state index contributed by atoms with van der Waals surface area (Å²) in [5, 5.41) is 2.61. The summed E-state index contributed by atoms with van der Waals surface area (Å²) in [5.74, 6) is -0.293. The molecule has 0 spiro atoms. The van der Waals surface area contributed by atoms with E-state index in [1.807, 2.05) is 0 Å². The number of alkyl carbamates (subject to hydrolysis) is 1. The van der Waals surface area contributed by atoms with Crippen molar-refractivity contribution in [1.82, 2.24) is 5.32 Å². The molecule has 8 heteroatoms. The lowest BCUT2D eigenvalue weighted by Gasteiger charge is -2.19. The van der Waals surface area contributed by atoms with Crippen LogP contribution >= 0.6 is 15.9 Å². The van der Waals surface area contributed by atoms with Crippen LogP contribution in [-0.2, 0) is 4.74 Å². The van der Waals surface area contributed by atoms with Gasteiger partial charge in [-0.05, 0) is 44.9 Å². The zero-order valence-corrected chi connectivity index (χ0v) is 15.1. The summed E-state index contributed by atoms with van der Waals surface area (Å²) in [6.45, 7) is 5.71. The third kappa shape index (κ3) is 8.81. The summed E-state index contributed by atoms with van der Waals surface area (Å²) in [6, 6.07) is 3.98. The Labute approximate surface area is 147 Å². The minimum absolute atomic E-state index is 0.293. The molecule has 0 aliphatic heterocycles. The van der Waals surface area contributed by atoms with Crippen molar-refractivity contribution in [2.45, 2.75) is 39.2 Å². The normalized spacial score (nSPS) is 12.3. The number of benzene rings is 1. The van der Waals surface area contributed by atoms with Crippen LogP contribution in [0.2, 0.25) is 0 Å². The first kappa shape index (κ1) is 20.3.